The molecule has 0 heterocycles. The van der Waals surface area contributed by atoms with E-state index in [2.05, 4.69) is 46.8 Å². The van der Waals surface area contributed by atoms with Crippen molar-refractivity contribution in [3.63, 3.8) is 0 Å². The average molecular weight is 525 g/mol. The number of carboxylic acids is 2. The number of thiocarbonyl (C=S) groups is 1. The third kappa shape index (κ3) is 29.6. The molecule has 0 aliphatic carbocycles. The molecule has 0 atom stereocenters. The second-order valence-electron chi connectivity index (χ2n) is 5.58. The normalized spacial score (nSPS) is 7.85. The number of carbonyl (C=O) groups excluding carboxylic acids is 1. The van der Waals surface area contributed by atoms with Crippen LogP contribution in [0.25, 0.3) is 0 Å². The van der Waals surface area contributed by atoms with Crippen LogP contribution in [-0.2, 0) is 19.1 Å². The van der Waals surface area contributed by atoms with Gasteiger partial charge in [0.1, 0.15) is 19.1 Å². The number of hydrogen-bond donors (Lipinski definition) is 3. The van der Waals surface area contributed by atoms with Gasteiger partial charge in [-0.2, -0.15) is 0 Å². The molecule has 0 bridgehead atoms. The molecule has 0 aromatic rings. The molecule has 0 aromatic carbocycles. The molecular formula is C21H29AlBNO6S3. The first-order valence-corrected chi connectivity index (χ1v) is 10.7. The predicted octanol–water partition coefficient (Wildman–Crippen LogP) is 3.69. The number of carbonyl (C=O) groups is 3. The number of terminal acetylenes is 1. The molecule has 7 nitrogen and oxygen atoms in total. The molecule has 0 amide bonds. The van der Waals surface area contributed by atoms with Crippen molar-refractivity contribution in [1.29, 1.82) is 4.35 Å². The van der Waals surface area contributed by atoms with Gasteiger partial charge in [0, 0.05) is 30.5 Å². The van der Waals surface area contributed by atoms with E-state index < -0.39 is 21.4 Å². The summed E-state index contributed by atoms with van der Waals surface area (Å²) in [6.45, 7) is 11.6. The molecule has 12 heteroatoms. The molecule has 0 unspecified atom stereocenters. The summed E-state index contributed by atoms with van der Waals surface area (Å²) in [5, 5.41) is 17.8. The van der Waals surface area contributed by atoms with E-state index in [0.717, 1.165) is 23.5 Å². The van der Waals surface area contributed by atoms with Crippen molar-refractivity contribution in [2.75, 3.05) is 0 Å². The van der Waals surface area contributed by atoms with Gasteiger partial charge in [0.15, 0.2) is 0 Å². The Kier molecular flexibility index (Phi) is 32.0. The van der Waals surface area contributed by atoms with E-state index in [0.29, 0.717) is 3.53 Å². The van der Waals surface area contributed by atoms with Gasteiger partial charge < -0.3 is 14.9 Å². The molecule has 0 saturated heterocycles. The summed E-state index contributed by atoms with van der Waals surface area (Å²) in [4.78, 5) is 31.2. The van der Waals surface area contributed by atoms with Crippen LogP contribution in [0.1, 0.15) is 38.9 Å². The summed E-state index contributed by atoms with van der Waals surface area (Å²) in [6.07, 6.45) is 8.54. The van der Waals surface area contributed by atoms with Crippen LogP contribution in [0.4, 0.5) is 0 Å². The number of hydrogen-bond acceptors (Lipinski definition) is 8. The monoisotopic (exact) mass is 525 g/mol. The summed E-state index contributed by atoms with van der Waals surface area (Å²) in [5.41, 5.74) is 0. The zero-order valence-electron chi connectivity index (χ0n) is 18.8. The maximum atomic E-state index is 10.8. The molecule has 178 valence electrons. The van der Waals surface area contributed by atoms with Crippen molar-refractivity contribution in [1.82, 2.24) is 0 Å². The van der Waals surface area contributed by atoms with Gasteiger partial charge in [0.25, 0.3) is 0 Å². The van der Waals surface area contributed by atoms with Crippen LogP contribution in [0.3, 0.4) is 0 Å². The SMILES string of the molecule is C#CC#CC#CC#COC=O.C=CC.CC(C)(SC(=S)SC(C)(C)C(=O)O)C(=O)O.[B].[HH].[HH].[HH].[NH]=[Al]. The van der Waals surface area contributed by atoms with E-state index >= 15 is 0 Å². The maximum absolute atomic E-state index is 10.8. The Balaban J connectivity index is -0.0000000579. The molecule has 0 aromatic heterocycles. The number of rotatable bonds is 5. The Morgan fingerprint density at radius 1 is 1.06 bits per heavy atom. The fourth-order valence-electron chi connectivity index (χ4n) is 0.734. The van der Waals surface area contributed by atoms with Crippen molar-refractivity contribution in [3.05, 3.63) is 12.7 Å². The van der Waals surface area contributed by atoms with Gasteiger partial charge in [-0.05, 0) is 52.4 Å². The van der Waals surface area contributed by atoms with Crippen LogP contribution in [0.15, 0.2) is 12.7 Å². The molecule has 0 spiro atoms. The Bertz CT molecular complexity index is 866. The summed E-state index contributed by atoms with van der Waals surface area (Å²) >= 11 is 8.63. The number of allylic oxidation sites excluding steroid dienone is 1. The van der Waals surface area contributed by atoms with Crippen molar-refractivity contribution in [2.24, 2.45) is 0 Å². The second-order valence-corrected chi connectivity index (χ2v) is 10.0. The van der Waals surface area contributed by atoms with Crippen LogP contribution >= 0.6 is 35.7 Å². The number of thioether (sulfide) groups is 2. The van der Waals surface area contributed by atoms with E-state index in [4.69, 9.17) is 33.2 Å². The molecule has 0 aliphatic rings. The van der Waals surface area contributed by atoms with Crippen LogP contribution in [-0.4, -0.2) is 66.2 Å². The van der Waals surface area contributed by atoms with Gasteiger partial charge in [-0.15, -0.1) is 13.0 Å². The van der Waals surface area contributed by atoms with Crippen molar-refractivity contribution in [2.45, 2.75) is 44.1 Å². The van der Waals surface area contributed by atoms with Crippen LogP contribution < -0.4 is 0 Å². The molecule has 33 heavy (non-hydrogen) atoms. The van der Waals surface area contributed by atoms with Gasteiger partial charge in [-0.1, -0.05) is 41.8 Å². The first-order chi connectivity index (χ1) is 14.8. The molecule has 4 radical (unpaired) electrons. The summed E-state index contributed by atoms with van der Waals surface area (Å²) in [7, 11) is 0. The quantitative estimate of drug-likeness (QED) is 0.162. The predicted molar refractivity (Wildman–Crippen MR) is 147 cm³/mol. The van der Waals surface area contributed by atoms with Gasteiger partial charge in [-0.25, -0.2) is 0 Å². The molecule has 3 N–H and O–H groups in total. The number of carboxylic acid groups (broad SMARTS) is 2. The van der Waals surface area contributed by atoms with E-state index in [-0.39, 0.29) is 19.2 Å². The Morgan fingerprint density at radius 3 is 1.70 bits per heavy atom. The molecule has 0 saturated carbocycles. The van der Waals surface area contributed by atoms with E-state index in [9.17, 15) is 14.4 Å². The second kappa shape index (κ2) is 25.8. The van der Waals surface area contributed by atoms with Gasteiger partial charge >= 0.3 is 38.9 Å². The van der Waals surface area contributed by atoms with E-state index in [1.54, 1.807) is 22.2 Å². The van der Waals surface area contributed by atoms with E-state index in [1.165, 1.54) is 27.7 Å². The van der Waals surface area contributed by atoms with Crippen molar-refractivity contribution < 1.29 is 33.6 Å². The van der Waals surface area contributed by atoms with Gasteiger partial charge in [0.05, 0.1) is 0 Å². The summed E-state index contributed by atoms with van der Waals surface area (Å²) in [6, 6.07) is 0. The van der Waals surface area contributed by atoms with E-state index in [1.807, 2.05) is 13.0 Å². The molecule has 0 rings (SSSR count). The third-order valence-corrected chi connectivity index (χ3v) is 4.89. The zero-order valence-corrected chi connectivity index (χ0v) is 22.5. The number of aliphatic carboxylic acids is 2. The molecular weight excluding hydrogens is 496 g/mol. The Hall–Kier alpha value is -2.42. The summed E-state index contributed by atoms with van der Waals surface area (Å²) in [5.74, 6) is 11.5. The first-order valence-electron chi connectivity index (χ1n) is 8.11. The minimum atomic E-state index is -1.04. The minimum absolute atomic E-state index is 0. The number of ether oxygens (including phenoxy) is 1. The fraction of sp³-hybridized carbons (Fsp3) is 0.333. The van der Waals surface area contributed by atoms with Gasteiger partial charge in [-0.3, -0.25) is 14.4 Å². The molecule has 0 aliphatic heterocycles. The van der Waals surface area contributed by atoms with Crippen LogP contribution in [0.5, 0.6) is 0 Å². The van der Waals surface area contributed by atoms with Crippen molar-refractivity contribution in [3.8, 4) is 48.1 Å². The van der Waals surface area contributed by atoms with Crippen LogP contribution in [0, 0.1) is 52.4 Å². The standard InChI is InChI=1S/C9H14O4S3.C9H2O2.C3H6.Al.B.HN.3H2/c1-8(2,5(10)11)15-7(14)16-9(3,4)6(12)13;1-2-3-4-5-6-7-8-11-9-10;1-3-2;;;;;;/h1-4H3,(H,10,11)(H,12,13);1,9H;3H,1H2,2H3;;;4*1H. The first kappa shape index (κ1) is 40.9. The van der Waals surface area contributed by atoms with Gasteiger partial charge in [0.2, 0.25) is 0 Å². The third-order valence-electron chi connectivity index (χ3n) is 2.19. The number of nitrogens with one attached hydrogen (secondary N) is 1. The topological polar surface area (TPSA) is 125 Å². The fourth-order valence-corrected chi connectivity index (χ4v) is 4.41. The Labute approximate surface area is 224 Å². The molecule has 0 fully saturated rings. The summed E-state index contributed by atoms with van der Waals surface area (Å²) < 4.78 is 7.91. The van der Waals surface area contributed by atoms with Crippen molar-refractivity contribution >= 4 is 82.2 Å². The Morgan fingerprint density at radius 2 is 1.39 bits per heavy atom. The van der Waals surface area contributed by atoms with Crippen LogP contribution in [0.2, 0.25) is 0 Å². The average Bonchev–Trinajstić information content (AvgIpc) is 2.69. The zero-order chi connectivity index (χ0) is 26.2.